The number of anilines is 4. The van der Waals surface area contributed by atoms with Crippen LogP contribution in [0.3, 0.4) is 0 Å². The fraction of sp³-hybridized carbons (Fsp3) is 0.0645. The molecule has 0 saturated carbocycles. The normalized spacial score (nSPS) is 11.6. The summed E-state index contributed by atoms with van der Waals surface area (Å²) >= 11 is 6.53. The van der Waals surface area contributed by atoms with Gasteiger partial charge in [-0.05, 0) is 73.0 Å². The van der Waals surface area contributed by atoms with Crippen LogP contribution in [0.15, 0.2) is 117 Å². The molecule has 13 nitrogen and oxygen atoms in total. The number of nitrogens with one attached hydrogen (secondary N) is 2. The molecule has 0 aromatic heterocycles. The molecular formula is C31H26ClN6NaO7S2. The first-order chi connectivity index (χ1) is 22.3. The molecule has 242 valence electrons. The van der Waals surface area contributed by atoms with Gasteiger partial charge >= 0.3 is 35.6 Å². The Morgan fingerprint density at radius 3 is 2.23 bits per heavy atom. The summed E-state index contributed by atoms with van der Waals surface area (Å²) in [4.78, 5) is 11.6. The van der Waals surface area contributed by atoms with Crippen molar-refractivity contribution in [2.24, 2.45) is 10.2 Å². The van der Waals surface area contributed by atoms with E-state index in [0.29, 0.717) is 11.4 Å². The number of rotatable bonds is 9. The molecule has 0 unspecified atom stereocenters. The summed E-state index contributed by atoms with van der Waals surface area (Å²) in [6.45, 7) is 1.59. The van der Waals surface area contributed by atoms with Crippen molar-refractivity contribution in [1.29, 1.82) is 0 Å². The van der Waals surface area contributed by atoms with Gasteiger partial charge in [-0.1, -0.05) is 48.0 Å². The van der Waals surface area contributed by atoms with Gasteiger partial charge in [-0.2, -0.15) is 0 Å². The molecule has 0 atom stereocenters. The molecule has 0 spiro atoms. The van der Waals surface area contributed by atoms with E-state index in [2.05, 4.69) is 20.9 Å². The van der Waals surface area contributed by atoms with Crippen molar-refractivity contribution in [3.63, 3.8) is 0 Å². The number of hydrogen-bond acceptors (Lipinski definition) is 10. The van der Waals surface area contributed by atoms with Crippen molar-refractivity contribution in [3.05, 3.63) is 102 Å². The Morgan fingerprint density at radius 1 is 0.896 bits per heavy atom. The summed E-state index contributed by atoms with van der Waals surface area (Å²) in [5.41, 5.74) is 7.03. The third-order valence-corrected chi connectivity index (χ3v) is 9.90. The number of nitrogens with zero attached hydrogens (tertiary/aromatic N) is 3. The maximum absolute atomic E-state index is 14.0. The van der Waals surface area contributed by atoms with Crippen LogP contribution >= 0.6 is 11.6 Å². The Morgan fingerprint density at radius 2 is 1.56 bits per heavy atom. The predicted octanol–water partition coefficient (Wildman–Crippen LogP) is 3.96. The molecule has 0 saturated heterocycles. The van der Waals surface area contributed by atoms with Gasteiger partial charge in [-0.3, -0.25) is 4.31 Å². The molecule has 2 amide bonds. The van der Waals surface area contributed by atoms with E-state index in [4.69, 9.17) is 17.3 Å². The fourth-order valence-corrected chi connectivity index (χ4v) is 7.20. The second-order valence-electron chi connectivity index (χ2n) is 9.95. The van der Waals surface area contributed by atoms with Gasteiger partial charge in [0.15, 0.2) is 0 Å². The number of fused-ring (bicyclic) bond motifs is 1. The molecule has 5 aromatic carbocycles. The third kappa shape index (κ3) is 7.90. The zero-order chi connectivity index (χ0) is 33.9. The first-order valence-corrected chi connectivity index (χ1v) is 17.0. The van der Waals surface area contributed by atoms with Crippen LogP contribution in [0.25, 0.3) is 10.8 Å². The third-order valence-electron chi connectivity index (χ3n) is 6.85. The van der Waals surface area contributed by atoms with E-state index in [1.807, 2.05) is 6.07 Å². The number of urea groups is 1. The largest absolute Gasteiger partial charge is 1.00 e. The van der Waals surface area contributed by atoms with Crippen LogP contribution in [0, 0.1) is 0 Å². The van der Waals surface area contributed by atoms with E-state index in [0.717, 1.165) is 16.4 Å². The fourth-order valence-electron chi connectivity index (χ4n) is 4.72. The average molecular weight is 717 g/mol. The van der Waals surface area contributed by atoms with Crippen LogP contribution in [0.4, 0.5) is 38.9 Å². The van der Waals surface area contributed by atoms with Gasteiger partial charge in [0.25, 0.3) is 10.0 Å². The number of amides is 2. The molecule has 0 bridgehead atoms. The smallest absolute Gasteiger partial charge is 0.744 e. The molecule has 17 heteroatoms. The summed E-state index contributed by atoms with van der Waals surface area (Å²) in [5.74, 6) is -0.582. The standard InChI is InChI=1S/C31H27ClN6O7S2.Na/c1-2-38(26-15-13-21(17-23(26)32)35-31(40)34-20-8-4-3-5-9-20)46(41,42)28-11-7-6-10-25(28)36-37-30-24(33)14-12-19-16-22(47(43,44)45)18-27(39)29(19)30;/h3-18,39H,2,33H2,1H3,(H2,34,35,40)(H,43,44,45);/q;+1/p-1. The molecule has 0 radical (unpaired) electrons. The van der Waals surface area contributed by atoms with E-state index < -0.39 is 36.8 Å². The summed E-state index contributed by atoms with van der Waals surface area (Å²) in [5, 5.41) is 24.4. The number of aromatic hydroxyl groups is 1. The molecule has 5 aromatic rings. The number of sulfonamides is 1. The number of phenolic OH excluding ortho intramolecular Hbond substituents is 1. The number of benzene rings is 5. The molecular weight excluding hydrogens is 691 g/mol. The second kappa shape index (κ2) is 14.9. The molecule has 0 heterocycles. The van der Waals surface area contributed by atoms with E-state index in [-0.39, 0.29) is 79.5 Å². The number of carbonyl (C=O) groups excluding carboxylic acids is 1. The number of carbonyl (C=O) groups is 1. The Labute approximate surface area is 303 Å². The minimum atomic E-state index is -4.87. The van der Waals surface area contributed by atoms with Gasteiger partial charge < -0.3 is 26.0 Å². The molecule has 0 aliphatic heterocycles. The van der Waals surface area contributed by atoms with Gasteiger partial charge in [0.05, 0.1) is 26.7 Å². The van der Waals surface area contributed by atoms with Gasteiger partial charge in [0.2, 0.25) is 0 Å². The second-order valence-corrected chi connectivity index (χ2v) is 13.6. The summed E-state index contributed by atoms with van der Waals surface area (Å²) in [6, 6.07) is 23.1. The van der Waals surface area contributed by atoms with Crippen molar-refractivity contribution in [2.75, 3.05) is 27.2 Å². The van der Waals surface area contributed by atoms with E-state index in [1.54, 1.807) is 37.3 Å². The first-order valence-electron chi connectivity index (χ1n) is 13.8. The van der Waals surface area contributed by atoms with Gasteiger partial charge in [-0.15, -0.1) is 10.2 Å². The minimum Gasteiger partial charge on any atom is -0.744 e. The number of nitrogen functional groups attached to an aromatic ring is 1. The van der Waals surface area contributed by atoms with Crippen LogP contribution in [-0.2, 0) is 20.1 Å². The summed E-state index contributed by atoms with van der Waals surface area (Å²) in [6.07, 6.45) is 0. The van der Waals surface area contributed by atoms with Crippen molar-refractivity contribution in [3.8, 4) is 5.75 Å². The van der Waals surface area contributed by atoms with Crippen LogP contribution in [0.1, 0.15) is 6.92 Å². The van der Waals surface area contributed by atoms with Crippen molar-refractivity contribution >= 4 is 82.7 Å². The Hall–Kier alpha value is -4.22. The van der Waals surface area contributed by atoms with Crippen LogP contribution in [-0.4, -0.2) is 39.1 Å². The number of azo groups is 1. The number of halogens is 1. The summed E-state index contributed by atoms with van der Waals surface area (Å²) < 4.78 is 63.7. The predicted molar refractivity (Wildman–Crippen MR) is 179 cm³/mol. The number of para-hydroxylation sites is 1. The van der Waals surface area contributed by atoms with Crippen LogP contribution in [0.5, 0.6) is 5.75 Å². The maximum Gasteiger partial charge on any atom is 1.00 e. The van der Waals surface area contributed by atoms with Crippen molar-refractivity contribution < 1.29 is 60.8 Å². The Balaban J connectivity index is 0.00000520. The minimum absolute atomic E-state index is 0. The van der Waals surface area contributed by atoms with Crippen molar-refractivity contribution in [2.45, 2.75) is 16.7 Å². The maximum atomic E-state index is 14.0. The van der Waals surface area contributed by atoms with Gasteiger partial charge in [-0.25, -0.2) is 21.6 Å². The molecule has 5 N–H and O–H groups in total. The SMILES string of the molecule is CCN(c1ccc(NC(=O)Nc2ccccc2)cc1Cl)S(=O)(=O)c1ccccc1N=Nc1c(N)ccc2cc(S(=O)(=O)[O-])cc(O)c12.[Na+]. The molecule has 0 aliphatic carbocycles. The van der Waals surface area contributed by atoms with Gasteiger partial charge in [0, 0.05) is 17.9 Å². The molecule has 5 rings (SSSR count). The van der Waals surface area contributed by atoms with E-state index in [9.17, 15) is 31.3 Å². The Kier molecular flexibility index (Phi) is 11.4. The number of phenols is 1. The zero-order valence-electron chi connectivity index (χ0n) is 25.5. The van der Waals surface area contributed by atoms with E-state index >= 15 is 0 Å². The van der Waals surface area contributed by atoms with Crippen molar-refractivity contribution in [1.82, 2.24) is 0 Å². The topological polar surface area (TPSA) is 207 Å². The van der Waals surface area contributed by atoms with E-state index in [1.165, 1.54) is 48.5 Å². The number of hydrogen-bond donors (Lipinski definition) is 4. The molecule has 48 heavy (non-hydrogen) atoms. The van der Waals surface area contributed by atoms with Gasteiger partial charge in [0.1, 0.15) is 32.1 Å². The molecule has 0 fully saturated rings. The quantitative estimate of drug-likeness (QED) is 0.0758. The Bertz CT molecular complexity index is 2260. The first kappa shape index (κ1) is 36.6. The monoisotopic (exact) mass is 716 g/mol. The number of nitrogens with two attached hydrogens (primary N) is 1. The molecule has 0 aliphatic rings. The summed E-state index contributed by atoms with van der Waals surface area (Å²) in [7, 11) is -9.18. The zero-order valence-corrected chi connectivity index (χ0v) is 29.8. The average Bonchev–Trinajstić information content (AvgIpc) is 3.02. The van der Waals surface area contributed by atoms with Crippen LogP contribution < -0.4 is 50.2 Å². The van der Waals surface area contributed by atoms with Crippen LogP contribution in [0.2, 0.25) is 5.02 Å².